The van der Waals surface area contributed by atoms with Crippen LogP contribution in [0.25, 0.3) is 11.0 Å². The fourth-order valence-electron chi connectivity index (χ4n) is 2.93. The number of rotatable bonds is 14. The minimum absolute atomic E-state index is 0. The van der Waals surface area contributed by atoms with E-state index in [0.29, 0.717) is 22.5 Å². The SMILES string of the molecule is COc1cc(=O)oc2cc(OCCOCCOCCOc3cc(C(=O)[O-])nc(C(=O)[O-])c3)ccc12.[Na+].[Na+]. The molecule has 2 aromatic heterocycles. The zero-order chi connectivity index (χ0) is 25.2. The van der Waals surface area contributed by atoms with E-state index in [1.54, 1.807) is 18.2 Å². The summed E-state index contributed by atoms with van der Waals surface area (Å²) in [5.41, 5.74) is -1.33. The first-order valence-corrected chi connectivity index (χ1v) is 10.3. The van der Waals surface area contributed by atoms with Gasteiger partial charge < -0.3 is 47.9 Å². The minimum atomic E-state index is -1.64. The van der Waals surface area contributed by atoms with Gasteiger partial charge in [-0.15, -0.1) is 0 Å². The topological polar surface area (TPSA) is 170 Å². The molecule has 0 saturated carbocycles. The number of aromatic carboxylic acids is 2. The Kier molecular flexibility index (Phi) is 14.8. The average Bonchev–Trinajstić information content (AvgIpc) is 2.84. The summed E-state index contributed by atoms with van der Waals surface area (Å²) in [6, 6.07) is 8.41. The monoisotopic (exact) mass is 533 g/mol. The summed E-state index contributed by atoms with van der Waals surface area (Å²) in [4.78, 5) is 36.8. The first-order chi connectivity index (χ1) is 16.9. The van der Waals surface area contributed by atoms with E-state index in [1.165, 1.54) is 13.2 Å². The van der Waals surface area contributed by atoms with Gasteiger partial charge in [0.05, 0.1) is 68.3 Å². The van der Waals surface area contributed by atoms with Crippen molar-refractivity contribution < 1.29 is 107 Å². The van der Waals surface area contributed by atoms with Gasteiger partial charge in [-0.2, -0.15) is 0 Å². The van der Waals surface area contributed by atoms with E-state index in [2.05, 4.69) is 4.98 Å². The molecule has 1 aromatic carbocycles. The molecule has 0 radical (unpaired) electrons. The van der Waals surface area contributed by atoms with Gasteiger partial charge in [0.25, 0.3) is 0 Å². The summed E-state index contributed by atoms with van der Waals surface area (Å²) in [5, 5.41) is 22.5. The van der Waals surface area contributed by atoms with Gasteiger partial charge >= 0.3 is 64.7 Å². The standard InChI is InChI=1S/C23H23NO11.2Na/c1-30-19-13-21(25)35-20-12-14(2-3-16(19)20)33-8-6-31-4-5-32-7-9-34-15-10-17(22(26)27)24-18(11-15)23(28)29;;/h2-3,10-13H,4-9H2,1H3,(H,26,27)(H,28,29);;/q;2*+1/p-2. The second-order valence-corrected chi connectivity index (χ2v) is 6.86. The Labute approximate surface area is 255 Å². The zero-order valence-electron chi connectivity index (χ0n) is 20.6. The number of carboxylic acid groups (broad SMARTS) is 2. The molecule has 0 aliphatic carbocycles. The molecule has 0 fully saturated rings. The molecule has 3 rings (SSSR count). The molecule has 0 spiro atoms. The van der Waals surface area contributed by atoms with Crippen LogP contribution in [0.2, 0.25) is 0 Å². The van der Waals surface area contributed by atoms with Crippen molar-refractivity contribution in [3.8, 4) is 17.2 Å². The number of aromatic nitrogens is 1. The maximum Gasteiger partial charge on any atom is 1.00 e. The summed E-state index contributed by atoms with van der Waals surface area (Å²) in [7, 11) is 1.47. The third kappa shape index (κ3) is 10.3. The van der Waals surface area contributed by atoms with Gasteiger partial charge in [0.1, 0.15) is 36.0 Å². The van der Waals surface area contributed by atoms with Gasteiger partial charge in [-0.3, -0.25) is 0 Å². The van der Waals surface area contributed by atoms with Gasteiger partial charge in [0, 0.05) is 18.2 Å². The molecule has 2 heterocycles. The predicted octanol–water partition coefficient (Wildman–Crippen LogP) is -6.58. The van der Waals surface area contributed by atoms with Crippen molar-refractivity contribution in [3.63, 3.8) is 0 Å². The van der Waals surface area contributed by atoms with Crippen LogP contribution in [0.4, 0.5) is 0 Å². The van der Waals surface area contributed by atoms with Crippen LogP contribution in [-0.2, 0) is 9.47 Å². The second-order valence-electron chi connectivity index (χ2n) is 6.86. The van der Waals surface area contributed by atoms with Crippen LogP contribution in [0.1, 0.15) is 21.0 Å². The van der Waals surface area contributed by atoms with E-state index in [4.69, 9.17) is 28.1 Å². The number of pyridine rings is 1. The summed E-state index contributed by atoms with van der Waals surface area (Å²) in [5.74, 6) is -2.36. The molecule has 3 aromatic rings. The van der Waals surface area contributed by atoms with E-state index < -0.39 is 29.0 Å². The number of carbonyl (C=O) groups excluding carboxylic acids is 2. The number of carboxylic acids is 2. The summed E-state index contributed by atoms with van der Waals surface area (Å²) < 4.78 is 32.0. The third-order valence-electron chi connectivity index (χ3n) is 4.48. The molecule has 0 unspecified atom stereocenters. The van der Waals surface area contributed by atoms with Gasteiger partial charge in [-0.25, -0.2) is 9.78 Å². The number of benzene rings is 1. The summed E-state index contributed by atoms with van der Waals surface area (Å²) >= 11 is 0. The Balaban J connectivity index is 0.00000342. The van der Waals surface area contributed by atoms with Gasteiger partial charge in [0.15, 0.2) is 0 Å². The molecule has 0 atom stereocenters. The van der Waals surface area contributed by atoms with Gasteiger partial charge in [-0.05, 0) is 12.1 Å². The molecule has 12 nitrogen and oxygen atoms in total. The molecular formula is C23H21NNa2O11. The molecule has 0 aliphatic heterocycles. The Morgan fingerprint density at radius 2 is 1.35 bits per heavy atom. The third-order valence-corrected chi connectivity index (χ3v) is 4.48. The average molecular weight is 533 g/mol. The second kappa shape index (κ2) is 16.6. The molecule has 186 valence electrons. The van der Waals surface area contributed by atoms with Crippen LogP contribution in [0.3, 0.4) is 0 Å². The zero-order valence-corrected chi connectivity index (χ0v) is 24.6. The first-order valence-electron chi connectivity index (χ1n) is 10.3. The smallest absolute Gasteiger partial charge is 0.543 e. The van der Waals surface area contributed by atoms with Crippen LogP contribution >= 0.6 is 0 Å². The molecule has 14 heteroatoms. The summed E-state index contributed by atoms with van der Waals surface area (Å²) in [6.45, 7) is 1.27. The largest absolute Gasteiger partial charge is 1.00 e. The summed E-state index contributed by atoms with van der Waals surface area (Å²) in [6.07, 6.45) is 0. The van der Waals surface area contributed by atoms with Crippen LogP contribution in [0, 0.1) is 0 Å². The Morgan fingerprint density at radius 3 is 1.89 bits per heavy atom. The Morgan fingerprint density at radius 1 is 0.811 bits per heavy atom. The van der Waals surface area contributed by atoms with Crippen molar-refractivity contribution in [1.29, 1.82) is 0 Å². The van der Waals surface area contributed by atoms with Crippen LogP contribution in [0.5, 0.6) is 17.2 Å². The van der Waals surface area contributed by atoms with E-state index in [9.17, 15) is 24.6 Å². The Bertz CT molecular complexity index is 1220. The number of methoxy groups -OCH3 is 1. The maximum atomic E-state index is 11.6. The van der Waals surface area contributed by atoms with Crippen molar-refractivity contribution in [2.45, 2.75) is 0 Å². The van der Waals surface area contributed by atoms with Crippen molar-refractivity contribution in [3.05, 3.63) is 58.2 Å². The Hall–Kier alpha value is -2.16. The van der Waals surface area contributed by atoms with Crippen molar-refractivity contribution >= 4 is 22.9 Å². The molecule has 37 heavy (non-hydrogen) atoms. The first kappa shape index (κ1) is 32.9. The van der Waals surface area contributed by atoms with E-state index in [0.717, 1.165) is 12.1 Å². The molecule has 0 aliphatic rings. The van der Waals surface area contributed by atoms with Crippen LogP contribution in [0.15, 0.2) is 45.6 Å². The van der Waals surface area contributed by atoms with E-state index in [-0.39, 0.29) is 105 Å². The molecule has 0 amide bonds. The quantitative estimate of drug-likeness (QED) is 0.109. The maximum absolute atomic E-state index is 11.6. The number of nitrogens with zero attached hydrogens (tertiary/aromatic N) is 1. The molecule has 0 saturated heterocycles. The number of fused-ring (bicyclic) bond motifs is 1. The van der Waals surface area contributed by atoms with Crippen molar-refractivity contribution in [2.75, 3.05) is 46.8 Å². The molecule has 0 bridgehead atoms. The van der Waals surface area contributed by atoms with Crippen molar-refractivity contribution in [1.82, 2.24) is 4.98 Å². The minimum Gasteiger partial charge on any atom is -0.543 e. The molecular weight excluding hydrogens is 512 g/mol. The number of ether oxygens (including phenoxy) is 5. The van der Waals surface area contributed by atoms with Gasteiger partial charge in [-0.1, -0.05) is 0 Å². The number of hydrogen-bond acceptors (Lipinski definition) is 12. The van der Waals surface area contributed by atoms with Crippen molar-refractivity contribution in [2.24, 2.45) is 0 Å². The predicted molar refractivity (Wildman–Crippen MR) is 115 cm³/mol. The van der Waals surface area contributed by atoms with Gasteiger partial charge in [0.2, 0.25) is 0 Å². The normalized spacial score (nSPS) is 10.2. The fourth-order valence-corrected chi connectivity index (χ4v) is 2.93. The molecule has 0 N–H and O–H groups in total. The van der Waals surface area contributed by atoms with Crippen LogP contribution < -0.4 is 89.2 Å². The number of hydrogen-bond donors (Lipinski definition) is 0. The van der Waals surface area contributed by atoms with Crippen LogP contribution in [-0.4, -0.2) is 63.7 Å². The number of carbonyl (C=O) groups is 2. The van der Waals surface area contributed by atoms with E-state index >= 15 is 0 Å². The fraction of sp³-hybridized carbons (Fsp3) is 0.304. The van der Waals surface area contributed by atoms with E-state index in [1.807, 2.05) is 0 Å².